The Labute approximate surface area is 123 Å². The summed E-state index contributed by atoms with van der Waals surface area (Å²) < 4.78 is 0. The van der Waals surface area contributed by atoms with E-state index < -0.39 is 0 Å². The average Bonchev–Trinajstić information content (AvgIpc) is 2.71. The number of hydrogen-bond donors (Lipinski definition) is 1. The first-order chi connectivity index (χ1) is 9.66. The maximum atomic E-state index is 12.3. The first-order valence-corrected chi connectivity index (χ1v) is 7.39. The van der Waals surface area contributed by atoms with Crippen LogP contribution in [0.15, 0.2) is 24.3 Å². The summed E-state index contributed by atoms with van der Waals surface area (Å²) in [6, 6.07) is 7.22. The van der Waals surface area contributed by atoms with Gasteiger partial charge < -0.3 is 5.32 Å². The maximum Gasteiger partial charge on any atom is 0.234 e. The number of rotatable bonds is 3. The molecule has 0 radical (unpaired) electrons. The Hall–Kier alpha value is -1.55. The van der Waals surface area contributed by atoms with Crippen molar-refractivity contribution in [1.82, 2.24) is 4.90 Å². The van der Waals surface area contributed by atoms with Crippen LogP contribution in [0.2, 0.25) is 5.02 Å². The molecule has 1 N–H and O–H groups in total. The second-order valence-electron chi connectivity index (χ2n) is 5.44. The topological polar surface area (TPSA) is 49.4 Å². The van der Waals surface area contributed by atoms with E-state index in [4.69, 9.17) is 11.6 Å². The number of nitrogens with one attached hydrogen (secondary N) is 1. The minimum Gasteiger partial charge on any atom is -0.367 e. The highest BCUT2D eigenvalue weighted by Gasteiger charge is 2.47. The highest BCUT2D eigenvalue weighted by molar-refractivity contribution is 6.30. The summed E-state index contributed by atoms with van der Waals surface area (Å²) in [7, 11) is 0. The molecule has 2 aliphatic rings. The molecule has 20 heavy (non-hydrogen) atoms. The van der Waals surface area contributed by atoms with Crippen LogP contribution in [0.5, 0.6) is 0 Å². The average molecular weight is 293 g/mol. The third kappa shape index (κ3) is 2.40. The van der Waals surface area contributed by atoms with Crippen LogP contribution in [0.25, 0.3) is 0 Å². The lowest BCUT2D eigenvalue weighted by molar-refractivity contribution is -0.139. The van der Waals surface area contributed by atoms with E-state index >= 15 is 0 Å². The number of amides is 2. The number of imide groups is 1. The third-order valence-electron chi connectivity index (χ3n) is 4.22. The normalized spacial score (nSPS) is 25.8. The van der Waals surface area contributed by atoms with Gasteiger partial charge >= 0.3 is 0 Å². The summed E-state index contributed by atoms with van der Waals surface area (Å²) in [5.74, 6) is -0.186. The molecule has 106 valence electrons. The molecule has 0 bridgehead atoms. The zero-order valence-corrected chi connectivity index (χ0v) is 11.9. The van der Waals surface area contributed by atoms with Crippen LogP contribution in [0.3, 0.4) is 0 Å². The SMILES string of the molecule is O=C1C2CCCCC2C(=O)N1CNc1ccc(Cl)cc1. The first-order valence-electron chi connectivity index (χ1n) is 7.01. The van der Waals surface area contributed by atoms with Crippen molar-refractivity contribution in [2.45, 2.75) is 25.7 Å². The van der Waals surface area contributed by atoms with Gasteiger partial charge in [0.2, 0.25) is 11.8 Å². The monoisotopic (exact) mass is 292 g/mol. The van der Waals surface area contributed by atoms with Crippen LogP contribution in [0, 0.1) is 11.8 Å². The smallest absolute Gasteiger partial charge is 0.234 e. The summed E-state index contributed by atoms with van der Waals surface area (Å²) in [6.07, 6.45) is 3.82. The summed E-state index contributed by atoms with van der Waals surface area (Å²) in [4.78, 5) is 25.9. The first kappa shape index (κ1) is 13.4. The van der Waals surface area contributed by atoms with Crippen molar-refractivity contribution >= 4 is 29.1 Å². The van der Waals surface area contributed by atoms with E-state index in [0.717, 1.165) is 31.4 Å². The van der Waals surface area contributed by atoms with Gasteiger partial charge in [-0.05, 0) is 37.1 Å². The minimum absolute atomic E-state index is 0.0128. The van der Waals surface area contributed by atoms with E-state index in [1.807, 2.05) is 12.1 Å². The molecule has 1 aromatic carbocycles. The van der Waals surface area contributed by atoms with Crippen molar-refractivity contribution in [3.8, 4) is 0 Å². The Kier molecular flexibility index (Phi) is 3.66. The quantitative estimate of drug-likeness (QED) is 0.872. The second kappa shape index (κ2) is 5.44. The van der Waals surface area contributed by atoms with Crippen LogP contribution in [0.4, 0.5) is 5.69 Å². The molecule has 1 heterocycles. The van der Waals surface area contributed by atoms with Gasteiger partial charge in [-0.2, -0.15) is 0 Å². The standard InChI is InChI=1S/C15H17ClN2O2/c16-10-5-7-11(8-6-10)17-9-18-14(19)12-3-1-2-4-13(12)15(18)20/h5-8,12-13,17H,1-4,9H2. The zero-order chi connectivity index (χ0) is 14.1. The molecule has 1 saturated carbocycles. The second-order valence-corrected chi connectivity index (χ2v) is 5.88. The number of benzene rings is 1. The van der Waals surface area contributed by atoms with Gasteiger partial charge in [0.1, 0.15) is 0 Å². The van der Waals surface area contributed by atoms with E-state index in [9.17, 15) is 9.59 Å². The Morgan fingerprint density at radius 2 is 1.60 bits per heavy atom. The molecule has 4 nitrogen and oxygen atoms in total. The van der Waals surface area contributed by atoms with Gasteiger partial charge in [-0.15, -0.1) is 0 Å². The van der Waals surface area contributed by atoms with Crippen LogP contribution < -0.4 is 5.32 Å². The molecule has 0 aromatic heterocycles. The van der Waals surface area contributed by atoms with Gasteiger partial charge in [0.15, 0.2) is 0 Å². The number of fused-ring (bicyclic) bond motifs is 1. The van der Waals surface area contributed by atoms with Crippen LogP contribution >= 0.6 is 11.6 Å². The fourth-order valence-corrected chi connectivity index (χ4v) is 3.25. The molecule has 1 aliphatic carbocycles. The van der Waals surface area contributed by atoms with Crippen molar-refractivity contribution in [3.05, 3.63) is 29.3 Å². The van der Waals surface area contributed by atoms with Crippen molar-refractivity contribution in [2.24, 2.45) is 11.8 Å². The van der Waals surface area contributed by atoms with Gasteiger partial charge in [-0.3, -0.25) is 14.5 Å². The number of carbonyl (C=O) groups is 2. The molecule has 1 aromatic rings. The molecule has 2 unspecified atom stereocenters. The van der Waals surface area contributed by atoms with Gasteiger partial charge in [0.05, 0.1) is 18.5 Å². The van der Waals surface area contributed by atoms with Crippen molar-refractivity contribution in [1.29, 1.82) is 0 Å². The van der Waals surface area contributed by atoms with Crippen molar-refractivity contribution in [3.63, 3.8) is 0 Å². The van der Waals surface area contributed by atoms with Gasteiger partial charge in [0, 0.05) is 10.7 Å². The summed E-state index contributed by atoms with van der Waals surface area (Å²) in [5.41, 5.74) is 0.852. The summed E-state index contributed by atoms with van der Waals surface area (Å²) in [5, 5.41) is 3.77. The molecule has 1 saturated heterocycles. The number of likely N-dealkylation sites (tertiary alicyclic amines) is 1. The fourth-order valence-electron chi connectivity index (χ4n) is 3.12. The lowest BCUT2D eigenvalue weighted by atomic mass is 9.81. The molecule has 2 atom stereocenters. The Balaban J connectivity index is 1.66. The fraction of sp³-hybridized carbons (Fsp3) is 0.467. The Morgan fingerprint density at radius 3 is 2.15 bits per heavy atom. The molecular weight excluding hydrogens is 276 g/mol. The predicted octanol–water partition coefficient (Wildman–Crippen LogP) is 2.88. The van der Waals surface area contributed by atoms with Gasteiger partial charge in [-0.1, -0.05) is 24.4 Å². The van der Waals surface area contributed by atoms with E-state index in [1.165, 1.54) is 4.90 Å². The third-order valence-corrected chi connectivity index (χ3v) is 4.47. The van der Waals surface area contributed by atoms with E-state index in [-0.39, 0.29) is 30.3 Å². The number of anilines is 1. The number of halogens is 1. The van der Waals surface area contributed by atoms with Crippen LogP contribution in [-0.4, -0.2) is 23.4 Å². The van der Waals surface area contributed by atoms with Crippen molar-refractivity contribution < 1.29 is 9.59 Å². The van der Waals surface area contributed by atoms with Gasteiger partial charge in [-0.25, -0.2) is 0 Å². The Morgan fingerprint density at radius 1 is 1.05 bits per heavy atom. The van der Waals surface area contributed by atoms with Crippen LogP contribution in [0.1, 0.15) is 25.7 Å². The molecule has 2 amide bonds. The Bertz CT molecular complexity index is 505. The maximum absolute atomic E-state index is 12.3. The predicted molar refractivity (Wildman–Crippen MR) is 77.2 cm³/mol. The molecule has 0 spiro atoms. The number of nitrogens with zero attached hydrogens (tertiary/aromatic N) is 1. The molecule has 1 aliphatic heterocycles. The minimum atomic E-state index is -0.0803. The lowest BCUT2D eigenvalue weighted by Gasteiger charge is -2.19. The van der Waals surface area contributed by atoms with Crippen molar-refractivity contribution in [2.75, 3.05) is 12.0 Å². The molecule has 5 heteroatoms. The van der Waals surface area contributed by atoms with E-state index in [0.29, 0.717) is 5.02 Å². The molecule has 3 rings (SSSR count). The van der Waals surface area contributed by atoms with E-state index in [1.54, 1.807) is 12.1 Å². The van der Waals surface area contributed by atoms with Crippen LogP contribution in [-0.2, 0) is 9.59 Å². The highest BCUT2D eigenvalue weighted by atomic mass is 35.5. The highest BCUT2D eigenvalue weighted by Crippen LogP contribution is 2.37. The molecular formula is C15H17ClN2O2. The molecule has 2 fully saturated rings. The summed E-state index contributed by atoms with van der Waals surface area (Å²) in [6.45, 7) is 0.242. The van der Waals surface area contributed by atoms with Gasteiger partial charge in [0.25, 0.3) is 0 Å². The van der Waals surface area contributed by atoms with E-state index in [2.05, 4.69) is 5.32 Å². The number of carbonyl (C=O) groups excluding carboxylic acids is 2. The largest absolute Gasteiger partial charge is 0.367 e. The zero-order valence-electron chi connectivity index (χ0n) is 11.1. The lowest BCUT2D eigenvalue weighted by Crippen LogP contribution is -2.35. The number of hydrogen-bond acceptors (Lipinski definition) is 3. The summed E-state index contributed by atoms with van der Waals surface area (Å²) >= 11 is 5.82.